The van der Waals surface area contributed by atoms with E-state index in [2.05, 4.69) is 32.8 Å². The largest absolute Gasteiger partial charge is 0.416 e. The topological polar surface area (TPSA) is 59.2 Å². The molecule has 0 radical (unpaired) electrons. The highest BCUT2D eigenvalue weighted by atomic mass is 127. The van der Waals surface area contributed by atoms with Crippen molar-refractivity contribution in [2.75, 3.05) is 0 Å². The van der Waals surface area contributed by atoms with E-state index in [0.717, 1.165) is 20.3 Å². The maximum atomic E-state index is 9.16. The van der Waals surface area contributed by atoms with Crippen molar-refractivity contribution in [1.29, 1.82) is 0 Å². The van der Waals surface area contributed by atoms with E-state index >= 15 is 0 Å². The second-order valence-electron chi connectivity index (χ2n) is 4.28. The molecule has 4 nitrogen and oxygen atoms in total. The van der Waals surface area contributed by atoms with Crippen molar-refractivity contribution in [3.05, 3.63) is 57.7 Å². The van der Waals surface area contributed by atoms with Gasteiger partial charge in [-0.25, -0.2) is 0 Å². The van der Waals surface area contributed by atoms with E-state index in [9.17, 15) is 0 Å². The van der Waals surface area contributed by atoms with E-state index in [4.69, 9.17) is 9.52 Å². The van der Waals surface area contributed by atoms with Crippen molar-refractivity contribution in [3.63, 3.8) is 0 Å². The lowest BCUT2D eigenvalue weighted by atomic mass is 10.1. The number of aliphatic hydroxyl groups excluding tert-OH is 1. The molecule has 20 heavy (non-hydrogen) atoms. The van der Waals surface area contributed by atoms with Crippen LogP contribution in [0.4, 0.5) is 0 Å². The van der Waals surface area contributed by atoms with E-state index in [1.807, 2.05) is 48.5 Å². The summed E-state index contributed by atoms with van der Waals surface area (Å²) in [6.07, 6.45) is 0. The summed E-state index contributed by atoms with van der Waals surface area (Å²) in [5.41, 5.74) is 2.52. The molecule has 0 saturated carbocycles. The summed E-state index contributed by atoms with van der Waals surface area (Å²) in [7, 11) is 0. The van der Waals surface area contributed by atoms with Crippen LogP contribution in [0.15, 0.2) is 52.9 Å². The zero-order chi connectivity index (χ0) is 13.9. The third kappa shape index (κ3) is 2.73. The molecule has 0 amide bonds. The summed E-state index contributed by atoms with van der Waals surface area (Å²) in [6.45, 7) is -0.00822. The Bertz CT molecular complexity index is 740. The monoisotopic (exact) mass is 378 g/mol. The van der Waals surface area contributed by atoms with Gasteiger partial charge >= 0.3 is 0 Å². The normalized spacial score (nSPS) is 10.7. The van der Waals surface area contributed by atoms with Crippen LogP contribution in [-0.2, 0) is 6.61 Å². The standard InChI is InChI=1S/C15H11IN2O2/c16-13-6-2-5-12(8-13)15-18-17-14(20-15)11-4-1-3-10(7-11)9-19/h1-8,19H,9H2. The molecule has 1 heterocycles. The number of nitrogens with zero attached hydrogens (tertiary/aromatic N) is 2. The molecule has 0 aliphatic rings. The van der Waals surface area contributed by atoms with Crippen LogP contribution in [0.25, 0.3) is 22.9 Å². The number of hydrogen-bond donors (Lipinski definition) is 1. The highest BCUT2D eigenvalue weighted by Crippen LogP contribution is 2.25. The lowest BCUT2D eigenvalue weighted by Crippen LogP contribution is -1.84. The Balaban J connectivity index is 1.97. The van der Waals surface area contributed by atoms with Crippen LogP contribution in [0, 0.1) is 3.57 Å². The molecule has 100 valence electrons. The highest BCUT2D eigenvalue weighted by molar-refractivity contribution is 14.1. The first-order chi connectivity index (χ1) is 9.76. The fraction of sp³-hybridized carbons (Fsp3) is 0.0667. The van der Waals surface area contributed by atoms with Gasteiger partial charge in [0.2, 0.25) is 11.8 Å². The number of halogens is 1. The van der Waals surface area contributed by atoms with E-state index in [0.29, 0.717) is 11.8 Å². The van der Waals surface area contributed by atoms with Gasteiger partial charge in [-0.2, -0.15) is 0 Å². The molecule has 0 aliphatic heterocycles. The van der Waals surface area contributed by atoms with Gasteiger partial charge in [0, 0.05) is 14.7 Å². The number of hydrogen-bond acceptors (Lipinski definition) is 4. The Hall–Kier alpha value is -1.73. The van der Waals surface area contributed by atoms with Crippen LogP contribution < -0.4 is 0 Å². The van der Waals surface area contributed by atoms with Gasteiger partial charge in [0.15, 0.2) is 0 Å². The third-order valence-electron chi connectivity index (χ3n) is 2.85. The molecule has 0 aliphatic carbocycles. The highest BCUT2D eigenvalue weighted by Gasteiger charge is 2.10. The fourth-order valence-corrected chi connectivity index (χ4v) is 2.42. The van der Waals surface area contributed by atoms with E-state index in [1.54, 1.807) is 0 Å². The molecule has 0 fully saturated rings. The quantitative estimate of drug-likeness (QED) is 0.709. The molecule has 2 aromatic carbocycles. The zero-order valence-electron chi connectivity index (χ0n) is 10.5. The first-order valence-electron chi connectivity index (χ1n) is 6.06. The van der Waals surface area contributed by atoms with Gasteiger partial charge in [0.25, 0.3) is 0 Å². The minimum absolute atomic E-state index is 0.00822. The van der Waals surface area contributed by atoms with Crippen LogP contribution in [0.3, 0.4) is 0 Å². The summed E-state index contributed by atoms with van der Waals surface area (Å²) in [5.74, 6) is 0.946. The molecule has 0 bridgehead atoms. The van der Waals surface area contributed by atoms with Gasteiger partial charge in [-0.3, -0.25) is 0 Å². The molecule has 1 aromatic heterocycles. The van der Waals surface area contributed by atoms with Crippen molar-refractivity contribution in [1.82, 2.24) is 10.2 Å². The van der Waals surface area contributed by atoms with Gasteiger partial charge in [0.1, 0.15) is 0 Å². The lowest BCUT2D eigenvalue weighted by Gasteiger charge is -1.98. The van der Waals surface area contributed by atoms with Crippen LogP contribution in [0.1, 0.15) is 5.56 Å². The van der Waals surface area contributed by atoms with Gasteiger partial charge in [0.05, 0.1) is 6.61 Å². The summed E-state index contributed by atoms with van der Waals surface area (Å²) >= 11 is 2.24. The SMILES string of the molecule is OCc1cccc(-c2nnc(-c3cccc(I)c3)o2)c1. The summed E-state index contributed by atoms with van der Waals surface area (Å²) in [5, 5.41) is 17.3. The van der Waals surface area contributed by atoms with Crippen LogP contribution in [0.2, 0.25) is 0 Å². The van der Waals surface area contributed by atoms with Crippen LogP contribution in [0.5, 0.6) is 0 Å². The average Bonchev–Trinajstić information content (AvgIpc) is 2.97. The first-order valence-corrected chi connectivity index (χ1v) is 7.14. The van der Waals surface area contributed by atoms with Crippen molar-refractivity contribution in [2.24, 2.45) is 0 Å². The van der Waals surface area contributed by atoms with Gasteiger partial charge in [-0.05, 0) is 58.5 Å². The zero-order valence-corrected chi connectivity index (χ0v) is 12.6. The molecule has 0 unspecified atom stereocenters. The van der Waals surface area contributed by atoms with Gasteiger partial charge in [-0.15, -0.1) is 10.2 Å². The number of benzene rings is 2. The predicted octanol–water partition coefficient (Wildman–Crippen LogP) is 3.50. The smallest absolute Gasteiger partial charge is 0.248 e. The van der Waals surface area contributed by atoms with Crippen LogP contribution in [-0.4, -0.2) is 15.3 Å². The number of aromatic nitrogens is 2. The average molecular weight is 378 g/mol. The van der Waals surface area contributed by atoms with E-state index in [-0.39, 0.29) is 6.61 Å². The van der Waals surface area contributed by atoms with Crippen LogP contribution >= 0.6 is 22.6 Å². The molecular formula is C15H11IN2O2. The molecular weight excluding hydrogens is 367 g/mol. The molecule has 5 heteroatoms. The Morgan fingerprint density at radius 3 is 2.25 bits per heavy atom. The van der Waals surface area contributed by atoms with E-state index in [1.165, 1.54) is 0 Å². The van der Waals surface area contributed by atoms with Crippen molar-refractivity contribution in [2.45, 2.75) is 6.61 Å². The molecule has 1 N–H and O–H groups in total. The molecule has 0 spiro atoms. The predicted molar refractivity (Wildman–Crippen MR) is 83.8 cm³/mol. The van der Waals surface area contributed by atoms with Gasteiger partial charge < -0.3 is 9.52 Å². The minimum atomic E-state index is -0.00822. The Morgan fingerprint density at radius 1 is 0.950 bits per heavy atom. The van der Waals surface area contributed by atoms with Crippen molar-refractivity contribution in [3.8, 4) is 22.9 Å². The first kappa shape index (κ1) is 13.3. The summed E-state index contributed by atoms with van der Waals surface area (Å²) < 4.78 is 6.82. The minimum Gasteiger partial charge on any atom is -0.416 e. The maximum absolute atomic E-state index is 9.16. The Kier molecular flexibility index (Phi) is 3.79. The summed E-state index contributed by atoms with van der Waals surface area (Å²) in [6, 6.07) is 15.3. The second-order valence-corrected chi connectivity index (χ2v) is 5.53. The Labute approximate surface area is 129 Å². The van der Waals surface area contributed by atoms with E-state index < -0.39 is 0 Å². The lowest BCUT2D eigenvalue weighted by molar-refractivity contribution is 0.282. The van der Waals surface area contributed by atoms with Crippen molar-refractivity contribution >= 4 is 22.6 Å². The molecule has 0 saturated heterocycles. The van der Waals surface area contributed by atoms with Gasteiger partial charge in [-0.1, -0.05) is 18.2 Å². The molecule has 0 atom stereocenters. The fourth-order valence-electron chi connectivity index (χ4n) is 1.88. The maximum Gasteiger partial charge on any atom is 0.248 e. The molecule has 3 rings (SSSR count). The summed E-state index contributed by atoms with van der Waals surface area (Å²) in [4.78, 5) is 0. The number of aliphatic hydroxyl groups is 1. The second kappa shape index (κ2) is 5.72. The van der Waals surface area contributed by atoms with Crippen molar-refractivity contribution < 1.29 is 9.52 Å². The number of rotatable bonds is 3. The Morgan fingerprint density at radius 2 is 1.60 bits per heavy atom. The third-order valence-corrected chi connectivity index (χ3v) is 3.52. The molecule has 3 aromatic rings.